The van der Waals surface area contributed by atoms with Crippen LogP contribution in [0.15, 0.2) is 55.1 Å². The lowest BCUT2D eigenvalue weighted by Crippen LogP contribution is -2.40. The summed E-state index contributed by atoms with van der Waals surface area (Å²) in [5.74, 6) is 0.474. The van der Waals surface area contributed by atoms with Gasteiger partial charge in [0.15, 0.2) is 0 Å². The molecule has 1 saturated heterocycles. The molecule has 2 aromatic rings. The van der Waals surface area contributed by atoms with Gasteiger partial charge in [0.25, 0.3) is 5.91 Å². The van der Waals surface area contributed by atoms with Crippen LogP contribution >= 0.6 is 0 Å². The Morgan fingerprint density at radius 2 is 1.86 bits per heavy atom. The fraction of sp³-hybridized carbons (Fsp3) is 0.375. The van der Waals surface area contributed by atoms with E-state index >= 15 is 0 Å². The number of rotatable bonds is 7. The molecule has 4 heteroatoms. The molecule has 148 valence electrons. The van der Waals surface area contributed by atoms with Crippen LogP contribution in [0.3, 0.4) is 0 Å². The number of carbonyl (C=O) groups is 1. The Morgan fingerprint density at radius 1 is 1.18 bits per heavy atom. The van der Waals surface area contributed by atoms with Crippen molar-refractivity contribution in [3.05, 3.63) is 77.6 Å². The molecular formula is C24H29FN2O. The van der Waals surface area contributed by atoms with E-state index in [2.05, 4.69) is 11.5 Å². The summed E-state index contributed by atoms with van der Waals surface area (Å²) in [5, 5.41) is 0. The number of piperidine rings is 1. The summed E-state index contributed by atoms with van der Waals surface area (Å²) in [7, 11) is 1.88. The third-order valence-corrected chi connectivity index (χ3v) is 5.63. The molecule has 1 heterocycles. The summed E-state index contributed by atoms with van der Waals surface area (Å²) in [6.45, 7) is 7.43. The molecule has 0 N–H and O–H groups in total. The standard InChI is InChI=1S/C24H29FN2O/c1-3-19-8-10-22(11-9-19)24(28)26(2)18-20-12-15-27(16-13-20)17-14-21-6-4-5-7-23(21)25/h3-11,20H,1,12-18H2,2H3. The van der Waals surface area contributed by atoms with Crippen LogP contribution in [0.5, 0.6) is 0 Å². The minimum Gasteiger partial charge on any atom is -0.341 e. The average molecular weight is 381 g/mol. The van der Waals surface area contributed by atoms with Crippen molar-refractivity contribution in [2.24, 2.45) is 5.92 Å². The van der Waals surface area contributed by atoms with E-state index in [1.165, 1.54) is 6.07 Å². The Morgan fingerprint density at radius 3 is 2.50 bits per heavy atom. The molecule has 0 radical (unpaired) electrons. The zero-order valence-corrected chi connectivity index (χ0v) is 16.6. The van der Waals surface area contributed by atoms with Gasteiger partial charge in [0, 0.05) is 25.7 Å². The van der Waals surface area contributed by atoms with Gasteiger partial charge in [0.1, 0.15) is 5.82 Å². The molecule has 0 aromatic heterocycles. The van der Waals surface area contributed by atoms with Crippen LogP contribution < -0.4 is 0 Å². The van der Waals surface area contributed by atoms with Crippen molar-refractivity contribution in [2.75, 3.05) is 33.2 Å². The van der Waals surface area contributed by atoms with E-state index in [4.69, 9.17) is 0 Å². The predicted octanol–water partition coefficient (Wildman–Crippen LogP) is 4.50. The lowest BCUT2D eigenvalue weighted by atomic mass is 9.95. The van der Waals surface area contributed by atoms with Gasteiger partial charge in [-0.1, -0.05) is 43.0 Å². The molecule has 1 aliphatic heterocycles. The van der Waals surface area contributed by atoms with Gasteiger partial charge < -0.3 is 9.80 Å². The van der Waals surface area contributed by atoms with Crippen LogP contribution in [0.25, 0.3) is 6.08 Å². The number of carbonyl (C=O) groups excluding carboxylic acids is 1. The highest BCUT2D eigenvalue weighted by Gasteiger charge is 2.22. The molecule has 0 aliphatic carbocycles. The fourth-order valence-corrected chi connectivity index (χ4v) is 3.82. The van der Waals surface area contributed by atoms with Crippen molar-refractivity contribution in [3.63, 3.8) is 0 Å². The maximum atomic E-state index is 13.7. The lowest BCUT2D eigenvalue weighted by molar-refractivity contribution is 0.0740. The number of hydrogen-bond donors (Lipinski definition) is 0. The average Bonchev–Trinajstić information content (AvgIpc) is 2.73. The SMILES string of the molecule is C=Cc1ccc(C(=O)N(C)CC2CCN(CCc3ccccc3F)CC2)cc1. The van der Waals surface area contributed by atoms with E-state index in [9.17, 15) is 9.18 Å². The Kier molecular flexibility index (Phi) is 6.99. The Balaban J connectivity index is 1.43. The molecule has 3 rings (SSSR count). The van der Waals surface area contributed by atoms with E-state index in [0.29, 0.717) is 5.92 Å². The predicted molar refractivity (Wildman–Crippen MR) is 113 cm³/mol. The normalized spacial score (nSPS) is 15.4. The second-order valence-electron chi connectivity index (χ2n) is 7.64. The summed E-state index contributed by atoms with van der Waals surface area (Å²) in [4.78, 5) is 16.9. The number of nitrogens with zero attached hydrogens (tertiary/aromatic N) is 2. The van der Waals surface area contributed by atoms with Crippen LogP contribution in [0.1, 0.15) is 34.3 Å². The van der Waals surface area contributed by atoms with Crippen molar-refractivity contribution >= 4 is 12.0 Å². The highest BCUT2D eigenvalue weighted by molar-refractivity contribution is 5.94. The van der Waals surface area contributed by atoms with Gasteiger partial charge in [-0.05, 0) is 67.6 Å². The summed E-state index contributed by atoms with van der Waals surface area (Å²) < 4.78 is 13.7. The van der Waals surface area contributed by atoms with Crippen LogP contribution in [-0.2, 0) is 6.42 Å². The first-order valence-electron chi connectivity index (χ1n) is 10.0. The van der Waals surface area contributed by atoms with Crippen LogP contribution in [0, 0.1) is 11.7 Å². The van der Waals surface area contributed by atoms with Crippen molar-refractivity contribution in [2.45, 2.75) is 19.3 Å². The fourth-order valence-electron chi connectivity index (χ4n) is 3.82. The zero-order chi connectivity index (χ0) is 19.9. The topological polar surface area (TPSA) is 23.6 Å². The highest BCUT2D eigenvalue weighted by Crippen LogP contribution is 2.20. The van der Waals surface area contributed by atoms with Crippen molar-refractivity contribution in [1.29, 1.82) is 0 Å². The molecule has 1 fully saturated rings. The van der Waals surface area contributed by atoms with E-state index < -0.39 is 0 Å². The highest BCUT2D eigenvalue weighted by atomic mass is 19.1. The van der Waals surface area contributed by atoms with Crippen LogP contribution in [0.2, 0.25) is 0 Å². The lowest BCUT2D eigenvalue weighted by Gasteiger charge is -2.34. The number of halogens is 1. The van der Waals surface area contributed by atoms with Gasteiger partial charge in [0.05, 0.1) is 0 Å². The van der Waals surface area contributed by atoms with Crippen molar-refractivity contribution in [1.82, 2.24) is 9.80 Å². The Labute approximate surface area is 167 Å². The molecule has 0 spiro atoms. The summed E-state index contributed by atoms with van der Waals surface area (Å²) in [6.07, 6.45) is 4.67. The number of hydrogen-bond acceptors (Lipinski definition) is 2. The molecule has 3 nitrogen and oxygen atoms in total. The zero-order valence-electron chi connectivity index (χ0n) is 16.6. The first-order chi connectivity index (χ1) is 13.6. The molecule has 0 bridgehead atoms. The molecule has 1 aliphatic rings. The van der Waals surface area contributed by atoms with Gasteiger partial charge in [0.2, 0.25) is 0 Å². The maximum absolute atomic E-state index is 13.7. The molecule has 0 unspecified atom stereocenters. The van der Waals surface area contributed by atoms with Gasteiger partial charge in [-0.25, -0.2) is 4.39 Å². The van der Waals surface area contributed by atoms with Crippen LogP contribution in [-0.4, -0.2) is 48.9 Å². The van der Waals surface area contributed by atoms with E-state index in [1.54, 1.807) is 12.1 Å². The Hall–Kier alpha value is -2.46. The first kappa shape index (κ1) is 20.3. The molecular weight excluding hydrogens is 351 g/mol. The van der Waals surface area contributed by atoms with Gasteiger partial charge in [-0.3, -0.25) is 4.79 Å². The van der Waals surface area contributed by atoms with E-state index in [-0.39, 0.29) is 11.7 Å². The maximum Gasteiger partial charge on any atom is 0.253 e. The van der Waals surface area contributed by atoms with Gasteiger partial charge in [-0.2, -0.15) is 0 Å². The molecule has 1 amide bonds. The smallest absolute Gasteiger partial charge is 0.253 e. The largest absolute Gasteiger partial charge is 0.341 e. The number of likely N-dealkylation sites (tertiary alicyclic amines) is 1. The molecule has 0 atom stereocenters. The van der Waals surface area contributed by atoms with Crippen LogP contribution in [0.4, 0.5) is 4.39 Å². The minimum atomic E-state index is -0.112. The summed E-state index contributed by atoms with van der Waals surface area (Å²) >= 11 is 0. The van der Waals surface area contributed by atoms with Gasteiger partial charge >= 0.3 is 0 Å². The second kappa shape index (κ2) is 9.65. The first-order valence-corrected chi connectivity index (χ1v) is 10.0. The molecule has 28 heavy (non-hydrogen) atoms. The monoisotopic (exact) mass is 380 g/mol. The van der Waals surface area contributed by atoms with Crippen molar-refractivity contribution < 1.29 is 9.18 Å². The molecule has 0 saturated carbocycles. The second-order valence-corrected chi connectivity index (χ2v) is 7.64. The van der Waals surface area contributed by atoms with Gasteiger partial charge in [-0.15, -0.1) is 0 Å². The minimum absolute atomic E-state index is 0.0672. The summed E-state index contributed by atoms with van der Waals surface area (Å²) in [5.41, 5.74) is 2.52. The number of amides is 1. The summed E-state index contributed by atoms with van der Waals surface area (Å²) in [6, 6.07) is 14.6. The third-order valence-electron chi connectivity index (χ3n) is 5.63. The Bertz CT molecular complexity index is 795. The van der Waals surface area contributed by atoms with Crippen molar-refractivity contribution in [3.8, 4) is 0 Å². The molecule has 2 aromatic carbocycles. The third kappa shape index (κ3) is 5.29. The van der Waals surface area contributed by atoms with E-state index in [1.807, 2.05) is 48.3 Å². The van der Waals surface area contributed by atoms with E-state index in [0.717, 1.165) is 62.1 Å². The number of benzene rings is 2. The quantitative estimate of drug-likeness (QED) is 0.706.